The predicted molar refractivity (Wildman–Crippen MR) is 237 cm³/mol. The van der Waals surface area contributed by atoms with Gasteiger partial charge in [0.25, 0.3) is 0 Å². The summed E-state index contributed by atoms with van der Waals surface area (Å²) >= 11 is -2.74. The number of furan rings is 2. The summed E-state index contributed by atoms with van der Waals surface area (Å²) < 4.78 is 14.2. The standard InChI is InChI=1S/2C25H25O.C2H6Si.2ClH.Zr/c2*1-14-7-15(2)9-22(8-14)25-18(5)16(3)10-20-12-21(13-23(20)25)24-11-17(4)19(6)26-24;1-3-2;;;/h2*7-13H,1-6H3;1-2H3;2*1H;/q;;;;;+2/p-2. The fourth-order valence-electron chi connectivity index (χ4n) is 9.78. The van der Waals surface area contributed by atoms with Crippen LogP contribution in [0.2, 0.25) is 13.1 Å². The number of allylic oxidation sites excluding steroid dienone is 2. The van der Waals surface area contributed by atoms with Gasteiger partial charge in [0.2, 0.25) is 0 Å². The van der Waals surface area contributed by atoms with E-state index in [0.717, 1.165) is 23.0 Å². The first-order chi connectivity index (χ1) is 26.5. The van der Waals surface area contributed by atoms with Crippen LogP contribution in [0.15, 0.2) is 69.5 Å². The molecular formula is C52H56Cl2O2SiZr. The largest absolute Gasteiger partial charge is 1.00 e. The van der Waals surface area contributed by atoms with Gasteiger partial charge < -0.3 is 24.8 Å². The summed E-state index contributed by atoms with van der Waals surface area (Å²) in [5, 5.41) is 0. The van der Waals surface area contributed by atoms with Crippen LogP contribution in [0.25, 0.3) is 45.6 Å². The van der Waals surface area contributed by atoms with Crippen molar-refractivity contribution >= 4 is 28.7 Å². The summed E-state index contributed by atoms with van der Waals surface area (Å²) in [6.45, 7) is 32.1. The Morgan fingerprint density at radius 1 is 0.448 bits per heavy atom. The number of hydrogen-bond acceptors (Lipinski definition) is 2. The van der Waals surface area contributed by atoms with Gasteiger partial charge in [-0.25, -0.2) is 0 Å². The summed E-state index contributed by atoms with van der Waals surface area (Å²) in [5.41, 5.74) is 26.4. The van der Waals surface area contributed by atoms with Crippen LogP contribution < -0.4 is 24.8 Å². The van der Waals surface area contributed by atoms with Gasteiger partial charge in [-0.05, 0) is 0 Å². The maximum atomic E-state index is 6.77. The van der Waals surface area contributed by atoms with Crippen LogP contribution in [0.5, 0.6) is 0 Å². The van der Waals surface area contributed by atoms with Gasteiger partial charge in [-0.3, -0.25) is 0 Å². The molecule has 2 nitrogen and oxygen atoms in total. The third kappa shape index (κ3) is 7.51. The summed E-state index contributed by atoms with van der Waals surface area (Å²) in [6, 6.07) is 23.9. The van der Waals surface area contributed by atoms with Crippen molar-refractivity contribution in [2.24, 2.45) is 0 Å². The molecule has 2 atom stereocenters. The van der Waals surface area contributed by atoms with E-state index in [0.29, 0.717) is 7.25 Å². The second-order valence-electron chi connectivity index (χ2n) is 17.4. The monoisotopic (exact) mass is 900 g/mol. The first-order valence-electron chi connectivity index (χ1n) is 20.2. The molecule has 0 fully saturated rings. The van der Waals surface area contributed by atoms with Crippen molar-refractivity contribution in [2.75, 3.05) is 0 Å². The van der Waals surface area contributed by atoms with Crippen molar-refractivity contribution in [3.63, 3.8) is 0 Å². The van der Waals surface area contributed by atoms with Crippen molar-refractivity contribution < 1.29 is 54.0 Å². The molecule has 2 aliphatic carbocycles. The normalized spacial score (nSPS) is 15.2. The quantitative estimate of drug-likeness (QED) is 0.157. The maximum Gasteiger partial charge on any atom is -1.00 e. The van der Waals surface area contributed by atoms with E-state index >= 15 is 0 Å². The molecule has 0 spiro atoms. The molecule has 2 unspecified atom stereocenters. The van der Waals surface area contributed by atoms with Gasteiger partial charge in [0.15, 0.2) is 0 Å². The molecule has 0 N–H and O–H groups in total. The molecule has 8 rings (SSSR count). The van der Waals surface area contributed by atoms with E-state index in [-0.39, 0.29) is 24.8 Å². The van der Waals surface area contributed by atoms with Crippen LogP contribution in [0.1, 0.15) is 108 Å². The fraction of sp³-hybridized carbons (Fsp3) is 0.308. The smallest absolute Gasteiger partial charge is 1.00 e. The first kappa shape index (κ1) is 44.2. The minimum Gasteiger partial charge on any atom is -1.00 e. The van der Waals surface area contributed by atoms with Crippen LogP contribution in [0.3, 0.4) is 0 Å². The Bertz CT molecular complexity index is 2490. The molecule has 0 saturated carbocycles. The Kier molecular flexibility index (Phi) is 12.6. The van der Waals surface area contributed by atoms with E-state index in [9.17, 15) is 0 Å². The molecule has 0 aliphatic heterocycles. The Morgan fingerprint density at radius 2 is 0.793 bits per heavy atom. The van der Waals surface area contributed by atoms with E-state index in [2.05, 4.69) is 169 Å². The van der Waals surface area contributed by atoms with Gasteiger partial charge >= 0.3 is 345 Å². The van der Waals surface area contributed by atoms with E-state index in [1.807, 2.05) is 0 Å². The number of benzene rings is 4. The topological polar surface area (TPSA) is 26.3 Å². The summed E-state index contributed by atoms with van der Waals surface area (Å²) in [6.07, 6.45) is 5.12. The van der Waals surface area contributed by atoms with Gasteiger partial charge in [0.05, 0.1) is 0 Å². The number of hydrogen-bond donors (Lipinski definition) is 0. The van der Waals surface area contributed by atoms with Crippen molar-refractivity contribution in [1.29, 1.82) is 0 Å². The van der Waals surface area contributed by atoms with Crippen LogP contribution in [0.4, 0.5) is 0 Å². The SMILES string of the molecule is Cc1cc(C)cc(-c2c(C)c(C)cc3c2C=C(c2cc(C)c(C)o2)[CH]3[Zr+2]([CH]2C(c3cc(C)c(C)o3)=Cc3c2cc(C)c(C)c3-c2cc(C)cc(C)c2)=[Si](C)C)c1.[Cl-].[Cl-]. The molecule has 0 bridgehead atoms. The van der Waals surface area contributed by atoms with Crippen molar-refractivity contribution in [2.45, 2.75) is 103 Å². The molecule has 0 saturated heterocycles. The minimum atomic E-state index is -2.74. The molecule has 0 radical (unpaired) electrons. The van der Waals surface area contributed by atoms with Gasteiger partial charge in [-0.1, -0.05) is 0 Å². The molecule has 4 aromatic carbocycles. The van der Waals surface area contributed by atoms with E-state index in [4.69, 9.17) is 8.83 Å². The molecule has 2 heterocycles. The van der Waals surface area contributed by atoms with E-state index in [1.54, 1.807) is 0 Å². The van der Waals surface area contributed by atoms with Gasteiger partial charge in [0.1, 0.15) is 0 Å². The Hall–Kier alpha value is -3.40. The Labute approximate surface area is 367 Å². The number of aryl methyl sites for hydroxylation is 10. The molecule has 6 aromatic rings. The Balaban J connectivity index is 0.00000283. The second kappa shape index (κ2) is 16.6. The van der Waals surface area contributed by atoms with Gasteiger partial charge in [-0.2, -0.15) is 0 Å². The van der Waals surface area contributed by atoms with E-state index in [1.165, 1.54) is 111 Å². The van der Waals surface area contributed by atoms with Crippen molar-refractivity contribution in [3.05, 3.63) is 162 Å². The molecular weight excluding hydrogens is 847 g/mol. The van der Waals surface area contributed by atoms with E-state index < -0.39 is 25.8 Å². The van der Waals surface area contributed by atoms with Crippen molar-refractivity contribution in [3.8, 4) is 22.3 Å². The van der Waals surface area contributed by atoms with Crippen LogP contribution in [0, 0.1) is 83.1 Å². The maximum absolute atomic E-state index is 6.77. The average molecular weight is 903 g/mol. The third-order valence-corrected chi connectivity index (χ3v) is 32.0. The zero-order valence-electron chi connectivity index (χ0n) is 36.7. The van der Waals surface area contributed by atoms with Crippen molar-refractivity contribution in [1.82, 2.24) is 0 Å². The number of halogens is 2. The summed E-state index contributed by atoms with van der Waals surface area (Å²) in [7, 11) is 0. The van der Waals surface area contributed by atoms with Crippen LogP contribution in [-0.2, 0) is 20.4 Å². The minimum absolute atomic E-state index is 0. The van der Waals surface area contributed by atoms with Crippen LogP contribution >= 0.6 is 0 Å². The number of rotatable bonds is 6. The zero-order valence-corrected chi connectivity index (χ0v) is 41.6. The number of fused-ring (bicyclic) bond motifs is 2. The third-order valence-electron chi connectivity index (χ3n) is 12.8. The molecule has 298 valence electrons. The predicted octanol–water partition coefficient (Wildman–Crippen LogP) is 8.68. The first-order valence-corrected chi connectivity index (χ1v) is 29.3. The molecule has 6 heteroatoms. The summed E-state index contributed by atoms with van der Waals surface area (Å²) in [5.74, 6) is 4.12. The van der Waals surface area contributed by atoms with Crippen LogP contribution in [-0.4, -0.2) is 5.43 Å². The molecule has 2 aromatic heterocycles. The molecule has 58 heavy (non-hydrogen) atoms. The molecule has 0 amide bonds. The second-order valence-corrected chi connectivity index (χ2v) is 35.2. The fourth-order valence-corrected chi connectivity index (χ4v) is 29.5. The van der Waals surface area contributed by atoms with Gasteiger partial charge in [0, 0.05) is 0 Å². The molecule has 2 aliphatic rings. The average Bonchev–Trinajstić information content (AvgIpc) is 3.85. The zero-order chi connectivity index (χ0) is 40.1. The van der Waals surface area contributed by atoms with Gasteiger partial charge in [-0.15, -0.1) is 0 Å². The Morgan fingerprint density at radius 3 is 1.09 bits per heavy atom. The summed E-state index contributed by atoms with van der Waals surface area (Å²) in [4.78, 5) is 0.